The van der Waals surface area contributed by atoms with Gasteiger partial charge >= 0.3 is 6.36 Å². The molecule has 3 heterocycles. The third-order valence-corrected chi connectivity index (χ3v) is 8.46. The molecule has 0 bridgehead atoms. The topological polar surface area (TPSA) is 146 Å². The minimum Gasteiger partial charge on any atom is -0.406 e. The van der Waals surface area contributed by atoms with E-state index in [1.165, 1.54) is 35.6 Å². The Hall–Kier alpha value is -3.59. The molecule has 1 aliphatic carbocycles. The lowest BCUT2D eigenvalue weighted by molar-refractivity contribution is -0.274. The fraction of sp³-hybridized carbons (Fsp3) is 0.429. The van der Waals surface area contributed by atoms with Gasteiger partial charge in [0.2, 0.25) is 5.95 Å². The van der Waals surface area contributed by atoms with E-state index in [1.54, 1.807) is 20.0 Å². The molecule has 4 atom stereocenters. The maximum Gasteiger partial charge on any atom is 0.573 e. The summed E-state index contributed by atoms with van der Waals surface area (Å²) in [6.45, 7) is 5.34. The standard InChI is InChI=1S/C28H31F3N6O4S/c1-14(17-4-6-19(7-5-17)41-28(29,30)31)33-26-34-15(2)21(25-35-22-16(3)32-12-9-20(22)42-25)24(36-26)37-27(40)11-8-18(10-13-38)23(27)39/h4-7,9,12,14,18,23,38-40H,8,10-11,13H2,1-3H3,(H2,33,34,36,37)/t14-,18-,23-,27-/m1/s1. The molecular formula is C28H31F3N6O4S. The van der Waals surface area contributed by atoms with Gasteiger partial charge in [-0.1, -0.05) is 12.1 Å². The predicted octanol–water partition coefficient (Wildman–Crippen LogP) is 5.09. The van der Waals surface area contributed by atoms with Crippen LogP contribution in [0.1, 0.15) is 49.2 Å². The van der Waals surface area contributed by atoms with Gasteiger partial charge in [0.15, 0.2) is 5.72 Å². The first-order valence-electron chi connectivity index (χ1n) is 13.4. The number of nitrogens with one attached hydrogen (secondary N) is 2. The highest BCUT2D eigenvalue weighted by Gasteiger charge is 2.47. The molecular weight excluding hydrogens is 573 g/mol. The van der Waals surface area contributed by atoms with Crippen LogP contribution in [0.3, 0.4) is 0 Å². The summed E-state index contributed by atoms with van der Waals surface area (Å²) in [7, 11) is 0. The molecule has 0 spiro atoms. The zero-order valence-corrected chi connectivity index (χ0v) is 23.9. The first kappa shape index (κ1) is 29.9. The number of aliphatic hydroxyl groups excluding tert-OH is 2. The van der Waals surface area contributed by atoms with Crippen LogP contribution < -0.4 is 15.4 Å². The molecule has 1 aromatic carbocycles. The van der Waals surface area contributed by atoms with Crippen LogP contribution in [0.2, 0.25) is 0 Å². The number of fused-ring (bicyclic) bond motifs is 1. The second-order valence-corrected chi connectivity index (χ2v) is 11.4. The van der Waals surface area contributed by atoms with E-state index in [-0.39, 0.29) is 36.5 Å². The third-order valence-electron chi connectivity index (χ3n) is 7.42. The van der Waals surface area contributed by atoms with Crippen molar-refractivity contribution in [3.05, 3.63) is 53.5 Å². The monoisotopic (exact) mass is 604 g/mol. The van der Waals surface area contributed by atoms with E-state index in [9.17, 15) is 28.5 Å². The van der Waals surface area contributed by atoms with Crippen LogP contribution in [0, 0.1) is 19.8 Å². The van der Waals surface area contributed by atoms with Crippen LogP contribution >= 0.6 is 11.3 Å². The van der Waals surface area contributed by atoms with E-state index in [1.807, 2.05) is 13.0 Å². The highest BCUT2D eigenvalue weighted by Crippen LogP contribution is 2.42. The summed E-state index contributed by atoms with van der Waals surface area (Å²) in [4.78, 5) is 18.4. The number of aliphatic hydroxyl groups is 3. The number of rotatable bonds is 9. The minimum atomic E-state index is -4.78. The maximum atomic E-state index is 12.5. The molecule has 0 aliphatic heterocycles. The lowest BCUT2D eigenvalue weighted by Crippen LogP contribution is -2.47. The minimum absolute atomic E-state index is 0.107. The first-order chi connectivity index (χ1) is 19.9. The zero-order chi connectivity index (χ0) is 30.2. The van der Waals surface area contributed by atoms with Crippen molar-refractivity contribution in [2.24, 2.45) is 5.92 Å². The number of pyridine rings is 1. The smallest absolute Gasteiger partial charge is 0.406 e. The van der Waals surface area contributed by atoms with E-state index >= 15 is 0 Å². The van der Waals surface area contributed by atoms with E-state index in [0.717, 1.165) is 15.9 Å². The van der Waals surface area contributed by atoms with Crippen molar-refractivity contribution in [2.75, 3.05) is 17.2 Å². The van der Waals surface area contributed by atoms with Crippen LogP contribution in [0.4, 0.5) is 24.9 Å². The van der Waals surface area contributed by atoms with Gasteiger partial charge in [0.25, 0.3) is 0 Å². The van der Waals surface area contributed by atoms with Gasteiger partial charge in [0, 0.05) is 12.8 Å². The molecule has 3 aromatic heterocycles. The summed E-state index contributed by atoms with van der Waals surface area (Å²) in [5, 5.41) is 38.7. The van der Waals surface area contributed by atoms with Crippen molar-refractivity contribution in [1.82, 2.24) is 19.9 Å². The van der Waals surface area contributed by atoms with Crippen molar-refractivity contribution in [1.29, 1.82) is 0 Å². The van der Waals surface area contributed by atoms with Gasteiger partial charge in [0.05, 0.1) is 27.7 Å². The molecule has 0 saturated heterocycles. The number of aromatic nitrogens is 4. The second kappa shape index (κ2) is 11.6. The molecule has 0 unspecified atom stereocenters. The molecule has 1 fully saturated rings. The highest BCUT2D eigenvalue weighted by atomic mass is 32.1. The summed E-state index contributed by atoms with van der Waals surface area (Å²) in [5.41, 5.74) is 1.55. The van der Waals surface area contributed by atoms with E-state index in [4.69, 9.17) is 4.98 Å². The Morgan fingerprint density at radius 1 is 1.12 bits per heavy atom. The van der Waals surface area contributed by atoms with Crippen LogP contribution in [0.5, 0.6) is 5.75 Å². The average Bonchev–Trinajstić information content (AvgIpc) is 3.46. The van der Waals surface area contributed by atoms with Gasteiger partial charge < -0.3 is 30.7 Å². The van der Waals surface area contributed by atoms with Gasteiger partial charge in [-0.2, -0.15) is 4.98 Å². The number of hydrogen-bond donors (Lipinski definition) is 5. The summed E-state index contributed by atoms with van der Waals surface area (Å²) in [6.07, 6.45) is -3.14. The van der Waals surface area contributed by atoms with E-state index in [0.29, 0.717) is 34.7 Å². The Labute approximate surface area is 243 Å². The average molecular weight is 605 g/mol. The van der Waals surface area contributed by atoms with Crippen molar-refractivity contribution in [2.45, 2.75) is 64.3 Å². The lowest BCUT2D eigenvalue weighted by atomic mass is 10.00. The molecule has 10 nitrogen and oxygen atoms in total. The molecule has 0 amide bonds. The van der Waals surface area contributed by atoms with Gasteiger partial charge in [-0.05, 0) is 69.7 Å². The van der Waals surface area contributed by atoms with Gasteiger partial charge in [-0.15, -0.1) is 24.5 Å². The van der Waals surface area contributed by atoms with Crippen molar-refractivity contribution >= 4 is 33.3 Å². The Bertz CT molecular complexity index is 1570. The largest absolute Gasteiger partial charge is 0.573 e. The van der Waals surface area contributed by atoms with Crippen molar-refractivity contribution in [3.63, 3.8) is 0 Å². The summed E-state index contributed by atoms with van der Waals surface area (Å²) in [6, 6.07) is 6.93. The fourth-order valence-electron chi connectivity index (χ4n) is 5.22. The molecule has 224 valence electrons. The highest BCUT2D eigenvalue weighted by molar-refractivity contribution is 7.21. The normalized spacial score (nSPS) is 21.5. The van der Waals surface area contributed by atoms with Crippen molar-refractivity contribution < 1.29 is 33.2 Å². The van der Waals surface area contributed by atoms with Gasteiger partial charge in [0.1, 0.15) is 28.2 Å². The van der Waals surface area contributed by atoms with E-state index in [2.05, 4.69) is 30.3 Å². The number of hydrogen-bond acceptors (Lipinski definition) is 11. The molecule has 5 N–H and O–H groups in total. The van der Waals surface area contributed by atoms with Crippen LogP contribution in [0.15, 0.2) is 36.5 Å². The summed E-state index contributed by atoms with van der Waals surface area (Å²) < 4.78 is 42.5. The number of anilines is 2. The Balaban J connectivity index is 1.49. The first-order valence-corrected chi connectivity index (χ1v) is 14.2. The molecule has 42 heavy (non-hydrogen) atoms. The fourth-order valence-corrected chi connectivity index (χ4v) is 6.33. The van der Waals surface area contributed by atoms with Gasteiger partial charge in [-0.25, -0.2) is 9.97 Å². The lowest BCUT2D eigenvalue weighted by Gasteiger charge is -2.31. The summed E-state index contributed by atoms with van der Waals surface area (Å²) >= 11 is 1.42. The number of aryl methyl sites for hydroxylation is 2. The molecule has 4 aromatic rings. The van der Waals surface area contributed by atoms with Gasteiger partial charge in [-0.3, -0.25) is 4.98 Å². The number of nitrogens with zero attached hydrogens (tertiary/aromatic N) is 4. The Kier molecular flexibility index (Phi) is 8.25. The second-order valence-electron chi connectivity index (χ2n) is 10.4. The Morgan fingerprint density at radius 3 is 2.52 bits per heavy atom. The maximum absolute atomic E-state index is 12.5. The molecule has 1 aliphatic rings. The van der Waals surface area contributed by atoms with Crippen molar-refractivity contribution in [3.8, 4) is 16.3 Å². The number of halogens is 3. The number of benzene rings is 1. The van der Waals surface area contributed by atoms with Crippen LogP contribution in [-0.2, 0) is 0 Å². The number of ether oxygens (including phenoxy) is 1. The van der Waals surface area contributed by atoms with E-state index < -0.39 is 24.2 Å². The van der Waals surface area contributed by atoms with Crippen LogP contribution in [-0.4, -0.2) is 60.1 Å². The summed E-state index contributed by atoms with van der Waals surface area (Å²) in [5.74, 6) is -0.173. The molecule has 14 heteroatoms. The zero-order valence-electron chi connectivity index (χ0n) is 23.1. The molecule has 5 rings (SSSR count). The SMILES string of the molecule is Cc1nc(N[C@H](C)c2ccc(OC(F)(F)F)cc2)nc(N[C@@]2(O)CC[C@H](CCO)[C@H]2O)c1-c1nc2c(C)nccc2s1. The predicted molar refractivity (Wildman–Crippen MR) is 152 cm³/mol. The van der Waals surface area contributed by atoms with Crippen LogP contribution in [0.25, 0.3) is 20.8 Å². The Morgan fingerprint density at radius 2 is 1.86 bits per heavy atom. The number of alkyl halides is 3. The number of thiazole rings is 1. The third kappa shape index (κ3) is 6.26. The molecule has 0 radical (unpaired) electrons. The quantitative estimate of drug-likeness (QED) is 0.164. The molecule has 1 saturated carbocycles.